The molecule has 1 amide bonds. The van der Waals surface area contributed by atoms with E-state index in [-0.39, 0.29) is 11.8 Å². The van der Waals surface area contributed by atoms with E-state index in [0.717, 1.165) is 37.2 Å². The van der Waals surface area contributed by atoms with Crippen LogP contribution in [-0.2, 0) is 4.79 Å². The first-order valence-electron chi connectivity index (χ1n) is 6.85. The zero-order chi connectivity index (χ0) is 13.7. The van der Waals surface area contributed by atoms with Crippen LogP contribution in [0.15, 0.2) is 24.3 Å². The Kier molecular flexibility index (Phi) is 5.14. The highest BCUT2D eigenvalue weighted by atomic mass is 32.2. The van der Waals surface area contributed by atoms with Crippen LogP contribution >= 0.6 is 11.8 Å². The van der Waals surface area contributed by atoms with E-state index in [1.807, 2.05) is 30.0 Å². The predicted molar refractivity (Wildman–Crippen MR) is 82.9 cm³/mol. The molecule has 1 aromatic carbocycles. The van der Waals surface area contributed by atoms with Crippen molar-refractivity contribution in [2.75, 3.05) is 24.7 Å². The third kappa shape index (κ3) is 3.66. The molecule has 0 aliphatic carbocycles. The average molecular weight is 278 g/mol. The molecule has 0 bridgehead atoms. The maximum absolute atomic E-state index is 12.3. The van der Waals surface area contributed by atoms with Gasteiger partial charge in [-0.25, -0.2) is 0 Å². The molecule has 1 aromatic rings. The first-order valence-corrected chi connectivity index (χ1v) is 8.14. The molecular formula is C15H22N2OS. The van der Waals surface area contributed by atoms with Crippen molar-refractivity contribution in [3.05, 3.63) is 29.8 Å². The lowest BCUT2D eigenvalue weighted by molar-refractivity contribution is -0.122. The van der Waals surface area contributed by atoms with Crippen LogP contribution in [0.25, 0.3) is 0 Å². The first-order chi connectivity index (χ1) is 9.22. The van der Waals surface area contributed by atoms with Gasteiger partial charge < -0.3 is 10.6 Å². The summed E-state index contributed by atoms with van der Waals surface area (Å²) in [6, 6.07) is 8.11. The summed E-state index contributed by atoms with van der Waals surface area (Å²) in [6.07, 6.45) is 4.01. The number of nitrogens with one attached hydrogen (secondary N) is 2. The number of benzene rings is 1. The SMILES string of the molecule is CSC(C)CCNC(=O)C1CCNc2ccccc21. The van der Waals surface area contributed by atoms with Gasteiger partial charge in [0.15, 0.2) is 0 Å². The molecule has 0 fully saturated rings. The van der Waals surface area contributed by atoms with Crippen molar-refractivity contribution < 1.29 is 4.79 Å². The van der Waals surface area contributed by atoms with Crippen LogP contribution < -0.4 is 10.6 Å². The van der Waals surface area contributed by atoms with Gasteiger partial charge in [-0.15, -0.1) is 0 Å². The van der Waals surface area contributed by atoms with E-state index in [1.165, 1.54) is 0 Å². The Balaban J connectivity index is 1.93. The minimum absolute atomic E-state index is 0.00188. The molecule has 0 aromatic heterocycles. The van der Waals surface area contributed by atoms with Gasteiger partial charge in [-0.3, -0.25) is 4.79 Å². The number of hydrogen-bond acceptors (Lipinski definition) is 3. The van der Waals surface area contributed by atoms with Crippen LogP contribution in [0.3, 0.4) is 0 Å². The zero-order valence-electron chi connectivity index (χ0n) is 11.6. The Bertz CT molecular complexity index is 436. The van der Waals surface area contributed by atoms with Gasteiger partial charge in [0.1, 0.15) is 0 Å². The molecule has 104 valence electrons. The molecule has 4 heteroatoms. The molecular weight excluding hydrogens is 256 g/mol. The van der Waals surface area contributed by atoms with Crippen molar-refractivity contribution in [1.29, 1.82) is 0 Å². The normalized spacial score (nSPS) is 19.2. The van der Waals surface area contributed by atoms with Crippen molar-refractivity contribution >= 4 is 23.4 Å². The second-order valence-corrected chi connectivity index (χ2v) is 6.26. The molecule has 0 radical (unpaired) electrons. The Labute approximate surface area is 119 Å². The lowest BCUT2D eigenvalue weighted by Crippen LogP contribution is -2.34. The van der Waals surface area contributed by atoms with Crippen LogP contribution in [-0.4, -0.2) is 30.5 Å². The maximum atomic E-state index is 12.3. The third-order valence-corrected chi connectivity index (χ3v) is 4.69. The van der Waals surface area contributed by atoms with Crippen LogP contribution in [0, 0.1) is 0 Å². The fraction of sp³-hybridized carbons (Fsp3) is 0.533. The van der Waals surface area contributed by atoms with Gasteiger partial charge in [-0.2, -0.15) is 11.8 Å². The van der Waals surface area contributed by atoms with Crippen LogP contribution in [0.1, 0.15) is 31.2 Å². The monoisotopic (exact) mass is 278 g/mol. The Morgan fingerprint density at radius 3 is 3.11 bits per heavy atom. The summed E-state index contributed by atoms with van der Waals surface area (Å²) in [6.45, 7) is 3.83. The van der Waals surface area contributed by atoms with Gasteiger partial charge >= 0.3 is 0 Å². The highest BCUT2D eigenvalue weighted by molar-refractivity contribution is 7.99. The predicted octanol–water partition coefficient (Wildman–Crippen LogP) is 2.84. The standard InChI is InChI=1S/C15H22N2OS/c1-11(19-2)7-9-17-15(18)13-8-10-16-14-6-4-3-5-12(13)14/h3-6,11,13,16H,7-10H2,1-2H3,(H,17,18). The van der Waals surface area contributed by atoms with Gasteiger partial charge in [0.05, 0.1) is 5.92 Å². The number of carbonyl (C=O) groups is 1. The van der Waals surface area contributed by atoms with Crippen molar-refractivity contribution in [2.24, 2.45) is 0 Å². The van der Waals surface area contributed by atoms with E-state index in [0.29, 0.717) is 5.25 Å². The smallest absolute Gasteiger partial charge is 0.227 e. The maximum Gasteiger partial charge on any atom is 0.227 e. The largest absolute Gasteiger partial charge is 0.385 e. The van der Waals surface area contributed by atoms with Gasteiger partial charge in [0.25, 0.3) is 0 Å². The van der Waals surface area contributed by atoms with E-state index in [9.17, 15) is 4.79 Å². The zero-order valence-corrected chi connectivity index (χ0v) is 12.4. The highest BCUT2D eigenvalue weighted by Gasteiger charge is 2.25. The quantitative estimate of drug-likeness (QED) is 0.870. The molecule has 1 aliphatic heterocycles. The van der Waals surface area contributed by atoms with Gasteiger partial charge in [0, 0.05) is 24.0 Å². The molecule has 0 spiro atoms. The summed E-state index contributed by atoms with van der Waals surface area (Å²) in [5.74, 6) is 0.171. The Hall–Kier alpha value is -1.16. The number of fused-ring (bicyclic) bond motifs is 1. The molecule has 2 N–H and O–H groups in total. The van der Waals surface area contributed by atoms with E-state index in [4.69, 9.17) is 0 Å². The lowest BCUT2D eigenvalue weighted by Gasteiger charge is -2.26. The van der Waals surface area contributed by atoms with Gasteiger partial charge in [-0.1, -0.05) is 25.1 Å². The summed E-state index contributed by atoms with van der Waals surface area (Å²) in [5.41, 5.74) is 2.23. The second-order valence-electron chi connectivity index (χ2n) is 4.98. The van der Waals surface area contributed by atoms with Crippen molar-refractivity contribution in [3.63, 3.8) is 0 Å². The fourth-order valence-corrected chi connectivity index (χ4v) is 2.73. The number of para-hydroxylation sites is 1. The van der Waals surface area contributed by atoms with Gasteiger partial charge in [-0.05, 0) is 30.7 Å². The number of amides is 1. The molecule has 2 unspecified atom stereocenters. The Morgan fingerprint density at radius 1 is 1.53 bits per heavy atom. The molecule has 3 nitrogen and oxygen atoms in total. The van der Waals surface area contributed by atoms with Gasteiger partial charge in [0.2, 0.25) is 5.91 Å². The summed E-state index contributed by atoms with van der Waals surface area (Å²) >= 11 is 1.84. The summed E-state index contributed by atoms with van der Waals surface area (Å²) < 4.78 is 0. The number of anilines is 1. The van der Waals surface area contributed by atoms with Crippen LogP contribution in [0.5, 0.6) is 0 Å². The van der Waals surface area contributed by atoms with Crippen molar-refractivity contribution in [3.8, 4) is 0 Å². The van der Waals surface area contributed by atoms with E-state index in [1.54, 1.807) is 0 Å². The van der Waals surface area contributed by atoms with Crippen molar-refractivity contribution in [2.45, 2.75) is 30.9 Å². The molecule has 2 atom stereocenters. The molecule has 1 aliphatic rings. The van der Waals surface area contributed by atoms with Crippen LogP contribution in [0.4, 0.5) is 5.69 Å². The molecule has 0 saturated heterocycles. The Morgan fingerprint density at radius 2 is 2.32 bits per heavy atom. The number of rotatable bonds is 5. The third-order valence-electron chi connectivity index (χ3n) is 3.65. The molecule has 2 rings (SSSR count). The highest BCUT2D eigenvalue weighted by Crippen LogP contribution is 2.31. The van der Waals surface area contributed by atoms with E-state index >= 15 is 0 Å². The molecule has 1 heterocycles. The summed E-state index contributed by atoms with van der Waals surface area (Å²) in [7, 11) is 0. The molecule has 19 heavy (non-hydrogen) atoms. The second kappa shape index (κ2) is 6.85. The number of carbonyl (C=O) groups excluding carboxylic acids is 1. The first kappa shape index (κ1) is 14.3. The van der Waals surface area contributed by atoms with Crippen LogP contribution in [0.2, 0.25) is 0 Å². The molecule has 0 saturated carbocycles. The minimum atomic E-state index is 0.00188. The fourth-order valence-electron chi connectivity index (χ4n) is 2.38. The minimum Gasteiger partial charge on any atom is -0.385 e. The topological polar surface area (TPSA) is 41.1 Å². The summed E-state index contributed by atoms with van der Waals surface area (Å²) in [5, 5.41) is 7.02. The average Bonchev–Trinajstić information content (AvgIpc) is 2.46. The summed E-state index contributed by atoms with van der Waals surface area (Å²) in [4.78, 5) is 12.3. The van der Waals surface area contributed by atoms with Crippen molar-refractivity contribution in [1.82, 2.24) is 5.32 Å². The number of thioether (sulfide) groups is 1. The van der Waals surface area contributed by atoms with E-state index < -0.39 is 0 Å². The lowest BCUT2D eigenvalue weighted by atomic mass is 9.90. The number of hydrogen-bond donors (Lipinski definition) is 2. The van der Waals surface area contributed by atoms with E-state index in [2.05, 4.69) is 29.9 Å².